The molecule has 2 unspecified atom stereocenters. The van der Waals surface area contributed by atoms with E-state index in [-0.39, 0.29) is 23.9 Å². The van der Waals surface area contributed by atoms with Crippen molar-refractivity contribution >= 4 is 5.91 Å². The van der Waals surface area contributed by atoms with Crippen molar-refractivity contribution in [2.24, 2.45) is 11.7 Å². The summed E-state index contributed by atoms with van der Waals surface area (Å²) in [5.74, 6) is 0.203. The quantitative estimate of drug-likeness (QED) is 0.838. The third kappa shape index (κ3) is 2.51. The molecule has 2 atom stereocenters. The molecule has 0 bridgehead atoms. The van der Waals surface area contributed by atoms with E-state index in [2.05, 4.69) is 17.4 Å². The molecule has 1 amide bonds. The lowest BCUT2D eigenvalue weighted by molar-refractivity contribution is -0.128. The van der Waals surface area contributed by atoms with Gasteiger partial charge in [-0.05, 0) is 30.4 Å². The van der Waals surface area contributed by atoms with Gasteiger partial charge in [0.25, 0.3) is 0 Å². The topological polar surface area (TPSA) is 64.3 Å². The number of nitrogens with one attached hydrogen (secondary N) is 1. The summed E-state index contributed by atoms with van der Waals surface area (Å²) in [6.45, 7) is 1.37. The predicted molar refractivity (Wildman–Crippen MR) is 72.5 cm³/mol. The molecule has 1 aliphatic carbocycles. The van der Waals surface area contributed by atoms with Gasteiger partial charge in [0.05, 0.1) is 6.04 Å². The van der Waals surface area contributed by atoms with Crippen LogP contribution in [0, 0.1) is 5.92 Å². The van der Waals surface area contributed by atoms with Crippen LogP contribution in [0.4, 0.5) is 0 Å². The second kappa shape index (κ2) is 5.31. The molecular weight excluding hydrogens is 240 g/mol. The zero-order chi connectivity index (χ0) is 13.2. The van der Waals surface area contributed by atoms with Crippen LogP contribution in [-0.2, 0) is 16.0 Å². The molecule has 2 aliphatic rings. The van der Waals surface area contributed by atoms with E-state index in [1.807, 2.05) is 12.1 Å². The van der Waals surface area contributed by atoms with E-state index < -0.39 is 0 Å². The van der Waals surface area contributed by atoms with Crippen LogP contribution in [0.3, 0.4) is 0 Å². The molecule has 3 N–H and O–H groups in total. The number of amides is 1. The molecule has 1 aliphatic heterocycles. The number of ether oxygens (including phenoxy) is 1. The molecule has 4 heteroatoms. The Labute approximate surface area is 113 Å². The van der Waals surface area contributed by atoms with Crippen LogP contribution >= 0.6 is 0 Å². The number of hydrogen-bond acceptors (Lipinski definition) is 3. The Morgan fingerprint density at radius 3 is 2.79 bits per heavy atom. The van der Waals surface area contributed by atoms with Gasteiger partial charge >= 0.3 is 0 Å². The maximum atomic E-state index is 12.3. The lowest BCUT2D eigenvalue weighted by atomic mass is 9.98. The van der Waals surface area contributed by atoms with Gasteiger partial charge in [0.2, 0.25) is 5.91 Å². The van der Waals surface area contributed by atoms with E-state index in [1.165, 1.54) is 11.1 Å². The highest BCUT2D eigenvalue weighted by Gasteiger charge is 2.32. The standard InChI is InChI=1S/C15H20N2O2/c16-13-9-11-3-1-2-4-12(11)14(13)17-15(18)10-5-7-19-8-6-10/h1-4,10,13-14H,5-9,16H2,(H,17,18). The van der Waals surface area contributed by atoms with Crippen molar-refractivity contribution in [3.63, 3.8) is 0 Å². The van der Waals surface area contributed by atoms with Crippen LogP contribution in [0.1, 0.15) is 30.0 Å². The first-order valence-corrected chi connectivity index (χ1v) is 6.97. The molecule has 0 spiro atoms. The summed E-state index contributed by atoms with van der Waals surface area (Å²) in [6.07, 6.45) is 2.47. The lowest BCUT2D eigenvalue weighted by Crippen LogP contribution is -2.42. The molecule has 1 aromatic rings. The highest BCUT2D eigenvalue weighted by Crippen LogP contribution is 2.30. The Bertz CT molecular complexity index is 469. The van der Waals surface area contributed by atoms with Crippen molar-refractivity contribution in [2.75, 3.05) is 13.2 Å². The van der Waals surface area contributed by atoms with Crippen molar-refractivity contribution in [1.29, 1.82) is 0 Å². The third-order valence-electron chi connectivity index (χ3n) is 4.16. The van der Waals surface area contributed by atoms with Crippen molar-refractivity contribution in [3.8, 4) is 0 Å². The van der Waals surface area contributed by atoms with E-state index in [0.29, 0.717) is 13.2 Å². The van der Waals surface area contributed by atoms with Crippen molar-refractivity contribution in [1.82, 2.24) is 5.32 Å². The fraction of sp³-hybridized carbons (Fsp3) is 0.533. The van der Waals surface area contributed by atoms with Crippen LogP contribution in [0.2, 0.25) is 0 Å². The fourth-order valence-corrected chi connectivity index (χ4v) is 3.04. The Kier molecular flexibility index (Phi) is 3.53. The zero-order valence-electron chi connectivity index (χ0n) is 11.0. The number of rotatable bonds is 2. The van der Waals surface area contributed by atoms with E-state index in [4.69, 9.17) is 10.5 Å². The summed E-state index contributed by atoms with van der Waals surface area (Å²) >= 11 is 0. The van der Waals surface area contributed by atoms with Gasteiger partial charge in [0.1, 0.15) is 0 Å². The average molecular weight is 260 g/mol. The first-order valence-electron chi connectivity index (χ1n) is 6.97. The maximum Gasteiger partial charge on any atom is 0.223 e. The van der Waals surface area contributed by atoms with Gasteiger partial charge in [-0.2, -0.15) is 0 Å². The van der Waals surface area contributed by atoms with Crippen LogP contribution in [0.5, 0.6) is 0 Å². The molecule has 1 saturated heterocycles. The molecule has 0 aromatic heterocycles. The number of fused-ring (bicyclic) bond motifs is 1. The number of carbonyl (C=O) groups is 1. The molecule has 1 heterocycles. The first kappa shape index (κ1) is 12.6. The van der Waals surface area contributed by atoms with Gasteiger partial charge in [-0.25, -0.2) is 0 Å². The lowest BCUT2D eigenvalue weighted by Gasteiger charge is -2.25. The smallest absolute Gasteiger partial charge is 0.223 e. The normalized spacial score (nSPS) is 27.0. The number of benzene rings is 1. The average Bonchev–Trinajstić information content (AvgIpc) is 2.76. The minimum absolute atomic E-state index is 0.0128. The van der Waals surface area contributed by atoms with Crippen LogP contribution in [0.25, 0.3) is 0 Å². The molecule has 1 aromatic carbocycles. The molecule has 19 heavy (non-hydrogen) atoms. The summed E-state index contributed by atoms with van der Waals surface area (Å²) in [6, 6.07) is 8.14. The van der Waals surface area contributed by atoms with Gasteiger partial charge in [-0.15, -0.1) is 0 Å². The van der Waals surface area contributed by atoms with Crippen molar-refractivity contribution in [2.45, 2.75) is 31.3 Å². The van der Waals surface area contributed by atoms with Gasteiger partial charge in [-0.1, -0.05) is 24.3 Å². The summed E-state index contributed by atoms with van der Waals surface area (Å²) in [4.78, 5) is 12.3. The number of hydrogen-bond donors (Lipinski definition) is 2. The Hall–Kier alpha value is -1.39. The first-order chi connectivity index (χ1) is 9.25. The van der Waals surface area contributed by atoms with Crippen molar-refractivity contribution < 1.29 is 9.53 Å². The molecule has 4 nitrogen and oxygen atoms in total. The van der Waals surface area contributed by atoms with E-state index in [1.54, 1.807) is 0 Å². The van der Waals surface area contributed by atoms with Crippen LogP contribution in [0.15, 0.2) is 24.3 Å². The SMILES string of the molecule is NC1Cc2ccccc2C1NC(=O)C1CCOCC1. The van der Waals surface area contributed by atoms with Gasteiger partial charge in [0.15, 0.2) is 0 Å². The zero-order valence-corrected chi connectivity index (χ0v) is 11.0. The molecule has 102 valence electrons. The molecule has 0 radical (unpaired) electrons. The maximum absolute atomic E-state index is 12.3. The highest BCUT2D eigenvalue weighted by atomic mass is 16.5. The van der Waals surface area contributed by atoms with E-state index >= 15 is 0 Å². The van der Waals surface area contributed by atoms with Crippen LogP contribution in [-0.4, -0.2) is 25.2 Å². The molecule has 0 saturated carbocycles. The summed E-state index contributed by atoms with van der Waals surface area (Å²) in [5, 5.41) is 3.14. The highest BCUT2D eigenvalue weighted by molar-refractivity contribution is 5.79. The van der Waals surface area contributed by atoms with E-state index in [0.717, 1.165) is 19.3 Å². The third-order valence-corrected chi connectivity index (χ3v) is 4.16. The van der Waals surface area contributed by atoms with E-state index in [9.17, 15) is 4.79 Å². The van der Waals surface area contributed by atoms with Gasteiger partial charge in [0, 0.05) is 25.2 Å². The minimum atomic E-state index is -0.0356. The number of carbonyl (C=O) groups excluding carboxylic acids is 1. The second-order valence-corrected chi connectivity index (χ2v) is 5.44. The summed E-state index contributed by atoms with van der Waals surface area (Å²) in [5.41, 5.74) is 8.60. The molecule has 1 fully saturated rings. The van der Waals surface area contributed by atoms with Gasteiger partial charge < -0.3 is 15.8 Å². The van der Waals surface area contributed by atoms with Crippen molar-refractivity contribution in [3.05, 3.63) is 35.4 Å². The summed E-state index contributed by atoms with van der Waals surface area (Å²) < 4.78 is 5.29. The Morgan fingerprint density at radius 2 is 2.00 bits per heavy atom. The molecule has 3 rings (SSSR count). The minimum Gasteiger partial charge on any atom is -0.381 e. The largest absolute Gasteiger partial charge is 0.381 e. The monoisotopic (exact) mass is 260 g/mol. The second-order valence-electron chi connectivity index (χ2n) is 5.44. The predicted octanol–water partition coefficient (Wildman–Crippen LogP) is 1.15. The van der Waals surface area contributed by atoms with Gasteiger partial charge in [-0.3, -0.25) is 4.79 Å². The Balaban J connectivity index is 1.71. The fourth-order valence-electron chi connectivity index (χ4n) is 3.04. The Morgan fingerprint density at radius 1 is 1.26 bits per heavy atom. The molecular formula is C15H20N2O2. The van der Waals surface area contributed by atoms with Crippen LogP contribution < -0.4 is 11.1 Å². The summed E-state index contributed by atoms with van der Waals surface area (Å²) in [7, 11) is 0. The number of nitrogens with two attached hydrogens (primary N) is 1.